The Kier molecular flexibility index (Phi) is 8.24. The van der Waals surface area contributed by atoms with Crippen molar-refractivity contribution < 1.29 is 28.6 Å². The molecule has 20 heavy (non-hydrogen) atoms. The molecule has 0 aromatic carbocycles. The third-order valence-electron chi connectivity index (χ3n) is 2.32. The van der Waals surface area contributed by atoms with E-state index in [0.29, 0.717) is 0 Å². The van der Waals surface area contributed by atoms with Crippen molar-refractivity contribution in [3.8, 4) is 0 Å². The molecule has 0 aliphatic heterocycles. The molecular formula is C12H21NO6S. The number of carbonyl (C=O) groups is 3. The summed E-state index contributed by atoms with van der Waals surface area (Å²) in [6, 6.07) is -0.974. The second kappa shape index (κ2) is 8.80. The van der Waals surface area contributed by atoms with E-state index in [1.54, 1.807) is 27.7 Å². The molecule has 0 rings (SSSR count). The van der Waals surface area contributed by atoms with E-state index in [1.165, 1.54) is 0 Å². The fraction of sp³-hybridized carbons (Fsp3) is 0.750. The maximum atomic E-state index is 11.6. The molecule has 0 bridgehead atoms. The molecule has 0 aliphatic rings. The maximum Gasteiger partial charge on any atom is 0.370 e. The van der Waals surface area contributed by atoms with Crippen LogP contribution in [0.2, 0.25) is 0 Å². The lowest BCUT2D eigenvalue weighted by Crippen LogP contribution is -2.48. The van der Waals surface area contributed by atoms with Crippen LogP contribution in [0.25, 0.3) is 0 Å². The van der Waals surface area contributed by atoms with Crippen LogP contribution < -0.4 is 5.73 Å². The van der Waals surface area contributed by atoms with Gasteiger partial charge in [0.25, 0.3) is 0 Å². The van der Waals surface area contributed by atoms with Gasteiger partial charge in [0.1, 0.15) is 6.04 Å². The number of carbonyl (C=O) groups excluding carboxylic acids is 3. The molecule has 0 saturated carbocycles. The molecule has 0 fully saturated rings. The van der Waals surface area contributed by atoms with E-state index in [1.807, 2.05) is 0 Å². The summed E-state index contributed by atoms with van der Waals surface area (Å²) in [7, 11) is 0. The fourth-order valence-electron chi connectivity index (χ4n) is 1.07. The number of thioether (sulfide) groups is 1. The van der Waals surface area contributed by atoms with E-state index in [9.17, 15) is 14.4 Å². The van der Waals surface area contributed by atoms with Crippen LogP contribution in [0.3, 0.4) is 0 Å². The Hall–Kier alpha value is -1.28. The van der Waals surface area contributed by atoms with E-state index in [4.69, 9.17) is 15.2 Å². The van der Waals surface area contributed by atoms with Crippen LogP contribution in [0.15, 0.2) is 0 Å². The van der Waals surface area contributed by atoms with Crippen LogP contribution in [0, 0.1) is 0 Å². The Morgan fingerprint density at radius 2 is 1.75 bits per heavy atom. The summed E-state index contributed by atoms with van der Waals surface area (Å²) in [5.74, 6) is -1.06. The number of rotatable bonds is 7. The summed E-state index contributed by atoms with van der Waals surface area (Å²) in [6.07, 6.45) is 0.198. The largest absolute Gasteiger partial charge is 0.465 e. The molecule has 0 spiro atoms. The number of esters is 2. The molecule has 0 aromatic rings. The monoisotopic (exact) mass is 307 g/mol. The van der Waals surface area contributed by atoms with E-state index in [-0.39, 0.29) is 13.0 Å². The van der Waals surface area contributed by atoms with Crippen molar-refractivity contribution >= 4 is 29.0 Å². The Bertz CT molecular complexity index is 358. The van der Waals surface area contributed by atoms with Crippen molar-refractivity contribution in [1.29, 1.82) is 0 Å². The van der Waals surface area contributed by atoms with Gasteiger partial charge in [-0.25, -0.2) is 4.79 Å². The second-order valence-electron chi connectivity index (χ2n) is 4.32. The van der Waals surface area contributed by atoms with Gasteiger partial charge in [-0.1, -0.05) is 6.92 Å². The fourth-order valence-corrected chi connectivity index (χ4v) is 1.83. The van der Waals surface area contributed by atoms with Gasteiger partial charge in [0.15, 0.2) is 0 Å². The second-order valence-corrected chi connectivity index (χ2v) is 5.91. The van der Waals surface area contributed by atoms with E-state index in [0.717, 1.165) is 11.8 Å². The Balaban J connectivity index is 4.27. The summed E-state index contributed by atoms with van der Waals surface area (Å²) < 4.78 is 13.2. The molecular weight excluding hydrogens is 286 g/mol. The molecule has 116 valence electrons. The van der Waals surface area contributed by atoms with Gasteiger partial charge in [0.2, 0.25) is 6.79 Å². The van der Waals surface area contributed by atoms with Gasteiger partial charge in [-0.2, -0.15) is 0 Å². The van der Waals surface area contributed by atoms with Crippen LogP contribution >= 0.6 is 11.8 Å². The summed E-state index contributed by atoms with van der Waals surface area (Å²) >= 11 is 0.745. The van der Waals surface area contributed by atoms with Gasteiger partial charge >= 0.3 is 17.2 Å². The third-order valence-corrected chi connectivity index (χ3v) is 3.39. The first kappa shape index (κ1) is 18.7. The average molecular weight is 307 g/mol. The molecule has 2 N–H and O–H groups in total. The first-order valence-electron chi connectivity index (χ1n) is 6.18. The average Bonchev–Trinajstić information content (AvgIpc) is 2.37. The first-order valence-corrected chi connectivity index (χ1v) is 6.99. The van der Waals surface area contributed by atoms with E-state index >= 15 is 0 Å². The molecule has 0 amide bonds. The summed E-state index contributed by atoms with van der Waals surface area (Å²) in [5.41, 5.74) is 5.74. The van der Waals surface area contributed by atoms with Crippen LogP contribution in [0.4, 0.5) is 4.79 Å². The minimum absolute atomic E-state index is 0.198. The van der Waals surface area contributed by atoms with Gasteiger partial charge in [-0.3, -0.25) is 9.59 Å². The maximum absolute atomic E-state index is 11.6. The van der Waals surface area contributed by atoms with Crippen molar-refractivity contribution in [2.75, 3.05) is 13.4 Å². The highest BCUT2D eigenvalue weighted by Gasteiger charge is 2.36. The van der Waals surface area contributed by atoms with Gasteiger partial charge in [-0.15, -0.1) is 0 Å². The van der Waals surface area contributed by atoms with Crippen molar-refractivity contribution in [3.05, 3.63) is 0 Å². The Morgan fingerprint density at radius 3 is 2.25 bits per heavy atom. The molecule has 0 aliphatic carbocycles. The normalized spacial score (nSPS) is 12.4. The number of hydrogen-bond donors (Lipinski definition) is 1. The highest BCUT2D eigenvalue weighted by molar-refractivity contribution is 8.14. The minimum atomic E-state index is -0.974. The van der Waals surface area contributed by atoms with Gasteiger partial charge in [0.05, 0.1) is 6.61 Å². The predicted molar refractivity (Wildman–Crippen MR) is 74.0 cm³/mol. The molecule has 0 unspecified atom stereocenters. The zero-order valence-corrected chi connectivity index (χ0v) is 13.0. The highest BCUT2D eigenvalue weighted by Crippen LogP contribution is 2.29. The standard InChI is InChI=1S/C12H21NO6S/c1-5-8(14)18-7-19-11(16)20-12(3,4)9(13)10(15)17-6-2/h9H,5-7,13H2,1-4H3/t9-/m0/s1. The summed E-state index contributed by atoms with van der Waals surface area (Å²) in [6.45, 7) is 6.30. The number of hydrogen-bond acceptors (Lipinski definition) is 8. The number of nitrogens with two attached hydrogens (primary N) is 1. The van der Waals surface area contributed by atoms with Crippen LogP contribution in [0.1, 0.15) is 34.1 Å². The molecule has 0 aromatic heterocycles. The van der Waals surface area contributed by atoms with Gasteiger partial charge in [0, 0.05) is 11.2 Å². The quantitative estimate of drug-likeness (QED) is 0.556. The van der Waals surface area contributed by atoms with Crippen LogP contribution in [-0.4, -0.2) is 41.4 Å². The van der Waals surface area contributed by atoms with Crippen molar-refractivity contribution in [2.24, 2.45) is 5.73 Å². The summed E-state index contributed by atoms with van der Waals surface area (Å²) in [5, 5.41) is -0.682. The Labute approximate surface area is 122 Å². The molecule has 0 saturated heterocycles. The number of ether oxygens (including phenoxy) is 3. The first-order chi connectivity index (χ1) is 9.24. The third kappa shape index (κ3) is 6.76. The minimum Gasteiger partial charge on any atom is -0.465 e. The van der Waals surface area contributed by atoms with Crippen molar-refractivity contribution in [3.63, 3.8) is 0 Å². The zero-order valence-electron chi connectivity index (χ0n) is 12.1. The van der Waals surface area contributed by atoms with E-state index in [2.05, 4.69) is 4.74 Å². The predicted octanol–water partition coefficient (Wildman–Crippen LogP) is 1.44. The van der Waals surface area contributed by atoms with Gasteiger partial charge in [-0.05, 0) is 32.5 Å². The highest BCUT2D eigenvalue weighted by atomic mass is 32.2. The lowest BCUT2D eigenvalue weighted by molar-refractivity contribution is -0.151. The zero-order chi connectivity index (χ0) is 15.8. The topological polar surface area (TPSA) is 105 Å². The van der Waals surface area contributed by atoms with Crippen molar-refractivity contribution in [2.45, 2.75) is 44.9 Å². The van der Waals surface area contributed by atoms with Crippen LogP contribution in [0.5, 0.6) is 0 Å². The Morgan fingerprint density at radius 1 is 1.15 bits per heavy atom. The molecule has 7 nitrogen and oxygen atoms in total. The molecule has 0 radical (unpaired) electrons. The SMILES string of the molecule is CCOC(=O)[C@H](N)C(C)(C)SC(=O)OCOC(=O)CC. The molecule has 8 heteroatoms. The smallest absolute Gasteiger partial charge is 0.370 e. The van der Waals surface area contributed by atoms with Gasteiger partial charge < -0.3 is 19.9 Å². The lowest BCUT2D eigenvalue weighted by atomic mass is 10.1. The van der Waals surface area contributed by atoms with Crippen molar-refractivity contribution in [1.82, 2.24) is 0 Å². The van der Waals surface area contributed by atoms with Crippen LogP contribution in [-0.2, 0) is 23.8 Å². The lowest BCUT2D eigenvalue weighted by Gasteiger charge is -2.27. The summed E-state index contributed by atoms with van der Waals surface area (Å²) in [4.78, 5) is 33.9. The molecule has 0 heterocycles. The molecule has 1 atom stereocenters. The van der Waals surface area contributed by atoms with E-state index < -0.39 is 34.8 Å².